The second kappa shape index (κ2) is 10.0. The fraction of sp³-hybridized carbons (Fsp3) is 0.474. The standard InChI is InChI=1S/C19H27F3N6/c1-4-23-18(28(3)14-16-7-5-12-27(16)2)25-11-6-10-24-17-9-8-15(13-26-17)19(20,21)22/h5,7-9,12-13H,4,6,10-11,14H2,1-3H3,(H,23,25)(H,24,26). The van der Waals surface area contributed by atoms with Crippen molar-refractivity contribution in [2.75, 3.05) is 32.0 Å². The number of alkyl halides is 3. The van der Waals surface area contributed by atoms with Gasteiger partial charge in [0, 0.05) is 51.8 Å². The van der Waals surface area contributed by atoms with Gasteiger partial charge in [0.15, 0.2) is 5.96 Å². The smallest absolute Gasteiger partial charge is 0.370 e. The van der Waals surface area contributed by atoms with Crippen molar-refractivity contribution in [1.82, 2.24) is 19.8 Å². The Morgan fingerprint density at radius 2 is 2.07 bits per heavy atom. The molecule has 0 radical (unpaired) electrons. The van der Waals surface area contributed by atoms with E-state index in [1.165, 1.54) is 11.8 Å². The molecule has 0 unspecified atom stereocenters. The van der Waals surface area contributed by atoms with E-state index in [9.17, 15) is 13.2 Å². The van der Waals surface area contributed by atoms with Crippen LogP contribution in [-0.4, -0.2) is 47.1 Å². The lowest BCUT2D eigenvalue weighted by Gasteiger charge is -2.22. The van der Waals surface area contributed by atoms with Crippen molar-refractivity contribution in [1.29, 1.82) is 0 Å². The Kier molecular flexibility index (Phi) is 7.71. The van der Waals surface area contributed by atoms with Gasteiger partial charge >= 0.3 is 6.18 Å². The molecule has 0 aliphatic rings. The topological polar surface area (TPSA) is 57.5 Å². The molecule has 2 N–H and O–H groups in total. The Morgan fingerprint density at radius 1 is 1.29 bits per heavy atom. The van der Waals surface area contributed by atoms with Gasteiger partial charge in [0.2, 0.25) is 0 Å². The van der Waals surface area contributed by atoms with Crippen LogP contribution in [0.15, 0.2) is 41.7 Å². The second-order valence-corrected chi connectivity index (χ2v) is 6.41. The third kappa shape index (κ3) is 6.47. The normalized spacial score (nSPS) is 12.1. The number of aromatic nitrogens is 2. The second-order valence-electron chi connectivity index (χ2n) is 6.41. The number of guanidine groups is 1. The molecule has 2 aromatic rings. The molecule has 0 bridgehead atoms. The van der Waals surface area contributed by atoms with Gasteiger partial charge in [-0.15, -0.1) is 0 Å². The van der Waals surface area contributed by atoms with Crippen LogP contribution in [0.5, 0.6) is 0 Å². The zero-order valence-electron chi connectivity index (χ0n) is 16.4. The highest BCUT2D eigenvalue weighted by atomic mass is 19.4. The predicted octanol–water partition coefficient (Wildman–Crippen LogP) is 3.34. The third-order valence-electron chi connectivity index (χ3n) is 4.14. The first-order valence-corrected chi connectivity index (χ1v) is 9.18. The Labute approximate surface area is 163 Å². The van der Waals surface area contributed by atoms with E-state index in [4.69, 9.17) is 0 Å². The van der Waals surface area contributed by atoms with Crippen LogP contribution in [0.25, 0.3) is 0 Å². The number of aryl methyl sites for hydroxylation is 1. The van der Waals surface area contributed by atoms with Crippen molar-refractivity contribution < 1.29 is 13.2 Å². The van der Waals surface area contributed by atoms with Crippen LogP contribution in [0.2, 0.25) is 0 Å². The summed E-state index contributed by atoms with van der Waals surface area (Å²) < 4.78 is 39.7. The molecule has 0 aliphatic carbocycles. The van der Waals surface area contributed by atoms with Crippen LogP contribution in [0, 0.1) is 0 Å². The molecule has 0 amide bonds. The summed E-state index contributed by atoms with van der Waals surface area (Å²) in [7, 11) is 3.99. The van der Waals surface area contributed by atoms with Crippen LogP contribution in [-0.2, 0) is 19.8 Å². The molecule has 28 heavy (non-hydrogen) atoms. The molecule has 2 rings (SSSR count). The molecule has 0 aromatic carbocycles. The van der Waals surface area contributed by atoms with E-state index in [1.54, 1.807) is 0 Å². The molecule has 9 heteroatoms. The summed E-state index contributed by atoms with van der Waals surface area (Å²) in [6.07, 6.45) is -0.791. The molecule has 0 aliphatic heterocycles. The maximum absolute atomic E-state index is 12.5. The summed E-state index contributed by atoms with van der Waals surface area (Å²) in [4.78, 5) is 10.5. The molecule has 0 saturated carbocycles. The zero-order chi connectivity index (χ0) is 20.6. The minimum atomic E-state index is -4.37. The Morgan fingerprint density at radius 3 is 2.64 bits per heavy atom. The summed E-state index contributed by atoms with van der Waals surface area (Å²) in [5, 5.41) is 6.29. The highest BCUT2D eigenvalue weighted by Crippen LogP contribution is 2.28. The van der Waals surface area contributed by atoms with Gasteiger partial charge in [-0.1, -0.05) is 0 Å². The largest absolute Gasteiger partial charge is 0.417 e. The molecule has 0 fully saturated rings. The molecule has 6 nitrogen and oxygen atoms in total. The average molecular weight is 396 g/mol. The molecule has 0 spiro atoms. The summed E-state index contributed by atoms with van der Waals surface area (Å²) in [5.41, 5.74) is 0.433. The van der Waals surface area contributed by atoms with E-state index in [2.05, 4.69) is 36.1 Å². The summed E-state index contributed by atoms with van der Waals surface area (Å²) in [6.45, 7) is 4.69. The van der Waals surface area contributed by atoms with Crippen LogP contribution in [0.1, 0.15) is 24.6 Å². The number of pyridine rings is 1. The molecule has 0 saturated heterocycles. The number of rotatable bonds is 8. The lowest BCUT2D eigenvalue weighted by atomic mass is 10.3. The van der Waals surface area contributed by atoms with Gasteiger partial charge in [0.05, 0.1) is 12.1 Å². The monoisotopic (exact) mass is 396 g/mol. The Balaban J connectivity index is 1.81. The highest BCUT2D eigenvalue weighted by Gasteiger charge is 2.30. The minimum Gasteiger partial charge on any atom is -0.370 e. The van der Waals surface area contributed by atoms with Crippen LogP contribution in [0.4, 0.5) is 19.0 Å². The van der Waals surface area contributed by atoms with Gasteiger partial charge in [-0.05, 0) is 37.6 Å². The molecular formula is C19H27F3N6. The average Bonchev–Trinajstić information content (AvgIpc) is 3.04. The first kappa shape index (κ1) is 21.6. The Hall–Kier alpha value is -2.71. The zero-order valence-corrected chi connectivity index (χ0v) is 16.4. The fourth-order valence-electron chi connectivity index (χ4n) is 2.59. The predicted molar refractivity (Wildman–Crippen MR) is 105 cm³/mol. The lowest BCUT2D eigenvalue weighted by molar-refractivity contribution is -0.137. The first-order chi connectivity index (χ1) is 13.3. The highest BCUT2D eigenvalue weighted by molar-refractivity contribution is 5.79. The van der Waals surface area contributed by atoms with Crippen LogP contribution >= 0.6 is 0 Å². The third-order valence-corrected chi connectivity index (χ3v) is 4.14. The number of aliphatic imine (C=N–C) groups is 1. The molecule has 2 heterocycles. The van der Waals surface area contributed by atoms with Crippen LogP contribution in [0.3, 0.4) is 0 Å². The van der Waals surface area contributed by atoms with E-state index < -0.39 is 11.7 Å². The van der Waals surface area contributed by atoms with E-state index in [0.29, 0.717) is 18.9 Å². The van der Waals surface area contributed by atoms with E-state index >= 15 is 0 Å². The molecule has 2 aromatic heterocycles. The number of anilines is 1. The number of nitrogens with one attached hydrogen (secondary N) is 2. The van der Waals surface area contributed by atoms with Crippen molar-refractivity contribution in [3.63, 3.8) is 0 Å². The quantitative estimate of drug-likeness (QED) is 0.408. The van der Waals surface area contributed by atoms with E-state index in [0.717, 1.165) is 37.7 Å². The fourth-order valence-corrected chi connectivity index (χ4v) is 2.59. The lowest BCUT2D eigenvalue weighted by Crippen LogP contribution is -2.39. The molecule has 0 atom stereocenters. The van der Waals surface area contributed by atoms with Gasteiger partial charge in [0.25, 0.3) is 0 Å². The SMILES string of the molecule is CCNC(=NCCCNc1ccc(C(F)(F)F)cn1)N(C)Cc1cccn1C. The number of hydrogen-bond donors (Lipinski definition) is 2. The van der Waals surface area contributed by atoms with E-state index in [-0.39, 0.29) is 0 Å². The van der Waals surface area contributed by atoms with Crippen molar-refractivity contribution in [3.8, 4) is 0 Å². The van der Waals surface area contributed by atoms with E-state index in [1.807, 2.05) is 33.3 Å². The first-order valence-electron chi connectivity index (χ1n) is 9.18. The summed E-state index contributed by atoms with van der Waals surface area (Å²) >= 11 is 0. The van der Waals surface area contributed by atoms with Crippen LogP contribution < -0.4 is 10.6 Å². The number of hydrogen-bond acceptors (Lipinski definition) is 3. The van der Waals surface area contributed by atoms with Gasteiger partial charge in [-0.25, -0.2) is 4.98 Å². The minimum absolute atomic E-state index is 0.421. The van der Waals surface area contributed by atoms with Gasteiger partial charge < -0.3 is 20.1 Å². The van der Waals surface area contributed by atoms with Gasteiger partial charge in [-0.3, -0.25) is 4.99 Å². The maximum Gasteiger partial charge on any atom is 0.417 e. The van der Waals surface area contributed by atoms with Crippen molar-refractivity contribution in [2.24, 2.45) is 12.0 Å². The summed E-state index contributed by atoms with van der Waals surface area (Å²) in [5.74, 6) is 1.24. The van der Waals surface area contributed by atoms with Crippen molar-refractivity contribution >= 4 is 11.8 Å². The maximum atomic E-state index is 12.5. The van der Waals surface area contributed by atoms with Gasteiger partial charge in [-0.2, -0.15) is 13.2 Å². The summed E-state index contributed by atoms with van der Waals surface area (Å²) in [6, 6.07) is 6.44. The van der Waals surface area contributed by atoms with Crippen molar-refractivity contribution in [2.45, 2.75) is 26.1 Å². The van der Waals surface area contributed by atoms with Crippen molar-refractivity contribution in [3.05, 3.63) is 47.9 Å². The van der Waals surface area contributed by atoms with Gasteiger partial charge in [0.1, 0.15) is 5.82 Å². The molecular weight excluding hydrogens is 369 g/mol. The number of nitrogens with zero attached hydrogens (tertiary/aromatic N) is 4. The Bertz CT molecular complexity index is 752. The molecule has 154 valence electrons. The number of halogens is 3.